The lowest BCUT2D eigenvalue weighted by Gasteiger charge is -2.24. The number of ether oxygens (including phenoxy) is 3. The molecule has 2 aromatic rings. The molecule has 8 heteroatoms. The van der Waals surface area contributed by atoms with Crippen molar-refractivity contribution >= 4 is 17.6 Å². The third-order valence-corrected chi connectivity index (χ3v) is 6.05. The molecule has 2 saturated heterocycles. The molecule has 2 amide bonds. The van der Waals surface area contributed by atoms with Crippen molar-refractivity contribution in [1.82, 2.24) is 10.6 Å². The number of amides is 2. The number of methoxy groups -OCH3 is 1. The van der Waals surface area contributed by atoms with Crippen LogP contribution in [0.5, 0.6) is 5.75 Å². The fraction of sp³-hybridized carbons (Fsp3) is 0.423. The van der Waals surface area contributed by atoms with Gasteiger partial charge in [-0.2, -0.15) is 0 Å². The molecule has 0 spiro atoms. The van der Waals surface area contributed by atoms with Crippen LogP contribution in [0.25, 0.3) is 0 Å². The van der Waals surface area contributed by atoms with Crippen LogP contribution >= 0.6 is 0 Å². The van der Waals surface area contributed by atoms with Gasteiger partial charge in [-0.1, -0.05) is 42.5 Å². The number of ketones is 1. The molecule has 34 heavy (non-hydrogen) atoms. The van der Waals surface area contributed by atoms with Crippen molar-refractivity contribution in [2.45, 2.75) is 50.0 Å². The summed E-state index contributed by atoms with van der Waals surface area (Å²) in [5.74, 6) is -0.198. The minimum absolute atomic E-state index is 0.161. The first-order valence-electron chi connectivity index (χ1n) is 11.6. The molecule has 0 bridgehead atoms. The molecule has 0 radical (unpaired) electrons. The van der Waals surface area contributed by atoms with Crippen molar-refractivity contribution in [1.29, 1.82) is 0 Å². The van der Waals surface area contributed by atoms with Crippen LogP contribution in [0.1, 0.15) is 24.0 Å². The summed E-state index contributed by atoms with van der Waals surface area (Å²) in [6.07, 6.45) is 0.989. The van der Waals surface area contributed by atoms with Crippen molar-refractivity contribution in [2.24, 2.45) is 0 Å². The highest BCUT2D eigenvalue weighted by atomic mass is 16.6. The van der Waals surface area contributed by atoms with Crippen LogP contribution in [0.2, 0.25) is 0 Å². The first-order chi connectivity index (χ1) is 16.5. The van der Waals surface area contributed by atoms with Crippen LogP contribution in [0.3, 0.4) is 0 Å². The molecule has 2 aliphatic heterocycles. The Kier molecular flexibility index (Phi) is 7.92. The van der Waals surface area contributed by atoms with E-state index in [4.69, 9.17) is 14.2 Å². The number of hydrogen-bond donors (Lipinski definition) is 2. The van der Waals surface area contributed by atoms with Crippen LogP contribution in [0, 0.1) is 0 Å². The number of epoxide rings is 1. The predicted octanol–water partition coefficient (Wildman–Crippen LogP) is 1.60. The summed E-state index contributed by atoms with van der Waals surface area (Å²) in [6.45, 7) is 0.896. The second-order valence-corrected chi connectivity index (χ2v) is 8.59. The number of benzene rings is 2. The van der Waals surface area contributed by atoms with Crippen LogP contribution in [-0.4, -0.2) is 62.2 Å². The summed E-state index contributed by atoms with van der Waals surface area (Å²) in [5.41, 5.74) is 1.78. The smallest absolute Gasteiger partial charge is 0.249 e. The number of Topliss-reactive ketones (excluding diaryl/α,β-unsaturated/α-hetero) is 1. The molecule has 0 saturated carbocycles. The zero-order valence-corrected chi connectivity index (χ0v) is 19.2. The van der Waals surface area contributed by atoms with E-state index in [1.54, 1.807) is 19.2 Å². The van der Waals surface area contributed by atoms with Crippen molar-refractivity contribution in [2.75, 3.05) is 20.3 Å². The standard InChI is InChI=1S/C26H30N2O6/c1-32-19-11-9-18(10-12-19)15-21(28-26(31)22-8-5-13-33-22)25(30)27-20(24(29)23-16-34-23)14-17-6-3-2-4-7-17/h2-4,6-7,9-12,20-23H,5,8,13-16H2,1H3,(H,27,30)(H,28,31). The van der Waals surface area contributed by atoms with Gasteiger partial charge in [0.15, 0.2) is 5.78 Å². The SMILES string of the molecule is COc1ccc(CC(NC(=O)C2CCCO2)C(=O)NC(Cc2ccccc2)C(=O)C2CO2)cc1. The Morgan fingerprint density at radius 2 is 1.59 bits per heavy atom. The minimum atomic E-state index is -0.865. The largest absolute Gasteiger partial charge is 0.497 e. The summed E-state index contributed by atoms with van der Waals surface area (Å²) in [6, 6.07) is 15.2. The number of hydrogen-bond acceptors (Lipinski definition) is 6. The Balaban J connectivity index is 1.50. The fourth-order valence-electron chi connectivity index (χ4n) is 4.04. The van der Waals surface area contributed by atoms with Crippen LogP contribution < -0.4 is 15.4 Å². The van der Waals surface area contributed by atoms with E-state index < -0.39 is 30.2 Å². The highest BCUT2D eigenvalue weighted by Gasteiger charge is 2.38. The van der Waals surface area contributed by atoms with Gasteiger partial charge in [-0.3, -0.25) is 14.4 Å². The second kappa shape index (κ2) is 11.3. The third-order valence-electron chi connectivity index (χ3n) is 6.05. The normalized spacial score (nSPS) is 20.7. The number of rotatable bonds is 11. The Bertz CT molecular complexity index is 984. The first kappa shape index (κ1) is 23.9. The molecular weight excluding hydrogens is 436 g/mol. The molecule has 2 aliphatic rings. The van der Waals surface area contributed by atoms with E-state index in [0.717, 1.165) is 17.5 Å². The summed E-state index contributed by atoms with van der Waals surface area (Å²) >= 11 is 0. The lowest BCUT2D eigenvalue weighted by atomic mass is 9.99. The summed E-state index contributed by atoms with van der Waals surface area (Å²) < 4.78 is 15.9. The highest BCUT2D eigenvalue weighted by molar-refractivity contribution is 5.96. The van der Waals surface area contributed by atoms with Crippen LogP contribution in [0.15, 0.2) is 54.6 Å². The Morgan fingerprint density at radius 3 is 2.21 bits per heavy atom. The zero-order chi connectivity index (χ0) is 23.9. The summed E-state index contributed by atoms with van der Waals surface area (Å²) in [7, 11) is 1.58. The van der Waals surface area contributed by atoms with Gasteiger partial charge in [0, 0.05) is 13.0 Å². The predicted molar refractivity (Wildman–Crippen MR) is 124 cm³/mol. The molecule has 0 aliphatic carbocycles. The molecule has 2 fully saturated rings. The van der Waals surface area contributed by atoms with Crippen LogP contribution in [-0.2, 0) is 36.7 Å². The van der Waals surface area contributed by atoms with Gasteiger partial charge in [0.2, 0.25) is 11.8 Å². The van der Waals surface area contributed by atoms with Crippen molar-refractivity contribution in [3.63, 3.8) is 0 Å². The minimum Gasteiger partial charge on any atom is -0.497 e. The highest BCUT2D eigenvalue weighted by Crippen LogP contribution is 2.17. The Hall–Kier alpha value is -3.23. The van der Waals surface area contributed by atoms with Crippen molar-refractivity contribution in [3.8, 4) is 5.75 Å². The van der Waals surface area contributed by atoms with Crippen LogP contribution in [0.4, 0.5) is 0 Å². The molecule has 2 aromatic carbocycles. The van der Waals surface area contributed by atoms with Gasteiger partial charge in [-0.15, -0.1) is 0 Å². The Morgan fingerprint density at radius 1 is 0.912 bits per heavy atom. The quantitative estimate of drug-likeness (QED) is 0.488. The maximum absolute atomic E-state index is 13.4. The molecule has 8 nitrogen and oxygen atoms in total. The third kappa shape index (κ3) is 6.42. The summed E-state index contributed by atoms with van der Waals surface area (Å²) in [5, 5.41) is 5.72. The molecule has 4 atom stereocenters. The molecule has 2 N–H and O–H groups in total. The molecule has 2 heterocycles. The summed E-state index contributed by atoms with van der Waals surface area (Å²) in [4.78, 5) is 39.0. The van der Waals surface area contributed by atoms with E-state index in [0.29, 0.717) is 31.8 Å². The fourth-order valence-corrected chi connectivity index (χ4v) is 4.04. The van der Waals surface area contributed by atoms with E-state index in [1.165, 1.54) is 0 Å². The van der Waals surface area contributed by atoms with Gasteiger partial charge in [0.25, 0.3) is 0 Å². The van der Waals surface area contributed by atoms with Gasteiger partial charge in [0.1, 0.15) is 24.0 Å². The molecule has 180 valence electrons. The Labute approximate surface area is 199 Å². The molecule has 0 aromatic heterocycles. The van der Waals surface area contributed by atoms with E-state index in [1.807, 2.05) is 42.5 Å². The van der Waals surface area contributed by atoms with Gasteiger partial charge in [0.05, 0.1) is 19.8 Å². The van der Waals surface area contributed by atoms with Crippen molar-refractivity contribution < 1.29 is 28.6 Å². The van der Waals surface area contributed by atoms with Gasteiger partial charge < -0.3 is 24.8 Å². The van der Waals surface area contributed by atoms with Gasteiger partial charge in [-0.05, 0) is 42.5 Å². The molecule has 4 rings (SSSR count). The molecular formula is C26H30N2O6. The number of carbonyl (C=O) groups excluding carboxylic acids is 3. The maximum atomic E-state index is 13.4. The first-order valence-corrected chi connectivity index (χ1v) is 11.6. The monoisotopic (exact) mass is 466 g/mol. The van der Waals surface area contributed by atoms with E-state index >= 15 is 0 Å². The van der Waals surface area contributed by atoms with Gasteiger partial charge >= 0.3 is 0 Å². The second-order valence-electron chi connectivity index (χ2n) is 8.59. The van der Waals surface area contributed by atoms with E-state index in [2.05, 4.69) is 10.6 Å². The average Bonchev–Trinajstić information content (AvgIpc) is 3.56. The lowest BCUT2D eigenvalue weighted by molar-refractivity contribution is -0.135. The molecule has 4 unspecified atom stereocenters. The van der Waals surface area contributed by atoms with Gasteiger partial charge in [-0.25, -0.2) is 0 Å². The topological polar surface area (TPSA) is 106 Å². The van der Waals surface area contributed by atoms with Crippen molar-refractivity contribution in [3.05, 3.63) is 65.7 Å². The van der Waals surface area contributed by atoms with E-state index in [9.17, 15) is 14.4 Å². The average molecular weight is 467 g/mol. The zero-order valence-electron chi connectivity index (χ0n) is 19.2. The van der Waals surface area contributed by atoms with E-state index in [-0.39, 0.29) is 18.1 Å². The number of carbonyl (C=O) groups is 3. The number of nitrogens with one attached hydrogen (secondary N) is 2. The maximum Gasteiger partial charge on any atom is 0.249 e. The lowest BCUT2D eigenvalue weighted by Crippen LogP contribution is -2.55.